The van der Waals surface area contributed by atoms with Gasteiger partial charge in [0.25, 0.3) is 5.56 Å². The second-order valence-electron chi connectivity index (χ2n) is 6.19. The molecule has 4 rings (SSSR count). The Labute approximate surface area is 149 Å². The first-order valence-corrected chi connectivity index (χ1v) is 8.46. The van der Waals surface area contributed by atoms with Crippen LogP contribution in [0.25, 0.3) is 10.9 Å². The number of benzene rings is 1. The number of aromatic nitrogens is 4. The molecule has 1 unspecified atom stereocenters. The van der Waals surface area contributed by atoms with Gasteiger partial charge >= 0.3 is 0 Å². The maximum Gasteiger partial charge on any atom is 0.258 e. The van der Waals surface area contributed by atoms with Crippen molar-refractivity contribution in [2.45, 2.75) is 25.1 Å². The largest absolute Gasteiger partial charge is 0.380 e. The fourth-order valence-electron chi connectivity index (χ4n) is 3.38. The van der Waals surface area contributed by atoms with Crippen molar-refractivity contribution in [2.24, 2.45) is 0 Å². The first-order chi connectivity index (χ1) is 12.1. The van der Waals surface area contributed by atoms with Gasteiger partial charge in [-0.05, 0) is 24.6 Å². The summed E-state index contributed by atoms with van der Waals surface area (Å²) >= 11 is 5.96. The Morgan fingerprint density at radius 1 is 1.44 bits per heavy atom. The minimum absolute atomic E-state index is 0.103. The van der Waals surface area contributed by atoms with Crippen LogP contribution in [0.3, 0.4) is 0 Å². The van der Waals surface area contributed by atoms with E-state index in [0.717, 1.165) is 18.8 Å². The van der Waals surface area contributed by atoms with Crippen molar-refractivity contribution in [3.05, 3.63) is 57.6 Å². The molecule has 0 spiro atoms. The molecule has 2 N–H and O–H groups in total. The summed E-state index contributed by atoms with van der Waals surface area (Å²) in [6, 6.07) is 5.24. The number of hydrogen-bond donors (Lipinski definition) is 2. The number of nitrogens with zero attached hydrogens (tertiary/aromatic N) is 3. The second kappa shape index (κ2) is 6.59. The Morgan fingerprint density at radius 3 is 3.08 bits per heavy atom. The molecule has 1 aromatic carbocycles. The van der Waals surface area contributed by atoms with E-state index in [4.69, 9.17) is 16.3 Å². The molecule has 1 saturated heterocycles. The number of methoxy groups -OCH3 is 1. The molecular weight excluding hydrogens is 342 g/mol. The molecule has 1 fully saturated rings. The summed E-state index contributed by atoms with van der Waals surface area (Å²) in [6.07, 6.45) is 4.53. The lowest BCUT2D eigenvalue weighted by Crippen LogP contribution is -2.27. The maximum atomic E-state index is 12.3. The van der Waals surface area contributed by atoms with E-state index in [9.17, 15) is 4.79 Å². The second-order valence-corrected chi connectivity index (χ2v) is 6.62. The minimum Gasteiger partial charge on any atom is -0.380 e. The lowest BCUT2D eigenvalue weighted by atomic mass is 10.2. The molecule has 8 heteroatoms. The number of nitrogens with one attached hydrogen (secondary N) is 2. The third-order valence-corrected chi connectivity index (χ3v) is 4.84. The fraction of sp³-hybridized carbons (Fsp3) is 0.353. The predicted molar refractivity (Wildman–Crippen MR) is 94.5 cm³/mol. The van der Waals surface area contributed by atoms with E-state index in [1.54, 1.807) is 31.5 Å². The average molecular weight is 360 g/mol. The quantitative estimate of drug-likeness (QED) is 0.746. The Kier molecular flexibility index (Phi) is 4.29. The number of likely N-dealkylation sites (tertiary alicyclic amines) is 1. The van der Waals surface area contributed by atoms with E-state index >= 15 is 0 Å². The number of fused-ring (bicyclic) bond motifs is 1. The van der Waals surface area contributed by atoms with E-state index < -0.39 is 0 Å². The summed E-state index contributed by atoms with van der Waals surface area (Å²) in [7, 11) is 1.72. The Morgan fingerprint density at radius 2 is 2.32 bits per heavy atom. The van der Waals surface area contributed by atoms with Crippen LogP contribution < -0.4 is 5.56 Å². The number of ether oxygens (including phenoxy) is 1. The monoisotopic (exact) mass is 359 g/mol. The number of imidazole rings is 1. The summed E-state index contributed by atoms with van der Waals surface area (Å²) in [5.74, 6) is 1.52. The van der Waals surface area contributed by atoms with Crippen LogP contribution in [0.15, 0.2) is 35.4 Å². The molecule has 0 amide bonds. The van der Waals surface area contributed by atoms with Gasteiger partial charge in [-0.1, -0.05) is 11.6 Å². The zero-order valence-electron chi connectivity index (χ0n) is 13.7. The van der Waals surface area contributed by atoms with Crippen LogP contribution in [-0.2, 0) is 11.3 Å². The van der Waals surface area contributed by atoms with Crippen LogP contribution in [-0.4, -0.2) is 44.6 Å². The predicted octanol–water partition coefficient (Wildman–Crippen LogP) is 2.26. The topological polar surface area (TPSA) is 86.9 Å². The molecule has 2 atom stereocenters. The van der Waals surface area contributed by atoms with E-state index in [2.05, 4.69) is 24.8 Å². The summed E-state index contributed by atoms with van der Waals surface area (Å²) in [4.78, 5) is 29.5. The lowest BCUT2D eigenvalue weighted by Gasteiger charge is -2.21. The van der Waals surface area contributed by atoms with Gasteiger partial charge in [0.2, 0.25) is 0 Å². The van der Waals surface area contributed by atoms with Crippen LogP contribution in [0.1, 0.15) is 24.1 Å². The third-order valence-electron chi connectivity index (χ3n) is 4.60. The van der Waals surface area contributed by atoms with Crippen LogP contribution in [0, 0.1) is 0 Å². The van der Waals surface area contributed by atoms with Gasteiger partial charge in [0.15, 0.2) is 0 Å². The number of H-pyrrole nitrogens is 2. The highest BCUT2D eigenvalue weighted by Crippen LogP contribution is 2.32. The molecule has 0 bridgehead atoms. The van der Waals surface area contributed by atoms with Crippen molar-refractivity contribution in [2.75, 3.05) is 13.7 Å². The highest BCUT2D eigenvalue weighted by atomic mass is 35.5. The maximum absolute atomic E-state index is 12.3. The molecule has 25 heavy (non-hydrogen) atoms. The molecule has 1 aliphatic heterocycles. The normalized spacial score (nSPS) is 21.2. The van der Waals surface area contributed by atoms with Crippen LogP contribution >= 0.6 is 11.6 Å². The van der Waals surface area contributed by atoms with Gasteiger partial charge in [-0.25, -0.2) is 9.97 Å². The summed E-state index contributed by atoms with van der Waals surface area (Å²) < 4.78 is 5.52. The molecule has 0 saturated carbocycles. The zero-order chi connectivity index (χ0) is 17.4. The molecule has 2 aromatic heterocycles. The van der Waals surface area contributed by atoms with Crippen molar-refractivity contribution < 1.29 is 4.74 Å². The van der Waals surface area contributed by atoms with Gasteiger partial charge in [-0.3, -0.25) is 9.69 Å². The summed E-state index contributed by atoms with van der Waals surface area (Å²) in [5.41, 5.74) is 0.458. The van der Waals surface area contributed by atoms with Crippen LogP contribution in [0.4, 0.5) is 0 Å². The van der Waals surface area contributed by atoms with E-state index in [0.29, 0.717) is 28.3 Å². The number of hydrogen-bond acceptors (Lipinski definition) is 5. The van der Waals surface area contributed by atoms with Crippen LogP contribution in [0.5, 0.6) is 0 Å². The molecule has 0 radical (unpaired) electrons. The number of halogens is 1. The van der Waals surface area contributed by atoms with E-state index in [-0.39, 0.29) is 17.7 Å². The molecule has 7 nitrogen and oxygen atoms in total. The highest BCUT2D eigenvalue weighted by Gasteiger charge is 2.35. The molecular formula is C17H18ClN5O2. The highest BCUT2D eigenvalue weighted by molar-refractivity contribution is 6.31. The van der Waals surface area contributed by atoms with Crippen LogP contribution in [0.2, 0.25) is 5.02 Å². The SMILES string of the molecule is CO[C@@H]1CC(c2ncc[nH]2)N(Cc2nc3ccc(Cl)cc3c(=O)[nH]2)C1. The molecule has 130 valence electrons. The minimum atomic E-state index is -0.181. The lowest BCUT2D eigenvalue weighted by molar-refractivity contribution is 0.107. The van der Waals surface area contributed by atoms with Gasteiger partial charge in [0, 0.05) is 31.1 Å². The van der Waals surface area contributed by atoms with E-state index in [1.807, 2.05) is 6.20 Å². The van der Waals surface area contributed by atoms with Crippen molar-refractivity contribution in [1.29, 1.82) is 0 Å². The molecule has 1 aliphatic rings. The Balaban J connectivity index is 1.65. The number of rotatable bonds is 4. The summed E-state index contributed by atoms with van der Waals surface area (Å²) in [5, 5.41) is 1.02. The average Bonchev–Trinajstić information content (AvgIpc) is 3.25. The van der Waals surface area contributed by atoms with Crippen molar-refractivity contribution in [1.82, 2.24) is 24.8 Å². The van der Waals surface area contributed by atoms with Gasteiger partial charge in [0.1, 0.15) is 11.6 Å². The zero-order valence-corrected chi connectivity index (χ0v) is 14.5. The smallest absolute Gasteiger partial charge is 0.258 e. The Hall–Kier alpha value is -2.22. The standard InChI is InChI=1S/C17H18ClN5O2/c1-25-11-7-14(16-19-4-5-20-16)23(8-11)9-15-21-13-3-2-10(18)6-12(13)17(24)22-15/h2-6,11,14H,7-9H2,1H3,(H,19,20)(H,21,22,24)/t11-,14?/m1/s1. The van der Waals surface area contributed by atoms with E-state index in [1.165, 1.54) is 0 Å². The first-order valence-electron chi connectivity index (χ1n) is 8.08. The third kappa shape index (κ3) is 3.18. The van der Waals surface area contributed by atoms with Gasteiger partial charge in [-0.2, -0.15) is 0 Å². The van der Waals surface area contributed by atoms with Crippen molar-refractivity contribution in [3.8, 4) is 0 Å². The first kappa shape index (κ1) is 16.3. The number of aromatic amines is 2. The van der Waals surface area contributed by atoms with Crippen molar-refractivity contribution >= 4 is 22.5 Å². The fourth-order valence-corrected chi connectivity index (χ4v) is 3.55. The Bertz CT molecular complexity index is 940. The summed E-state index contributed by atoms with van der Waals surface area (Å²) in [6.45, 7) is 1.27. The van der Waals surface area contributed by atoms with Gasteiger partial charge in [0.05, 0.1) is 29.6 Å². The van der Waals surface area contributed by atoms with Gasteiger partial charge < -0.3 is 14.7 Å². The molecule has 3 heterocycles. The van der Waals surface area contributed by atoms with Crippen molar-refractivity contribution in [3.63, 3.8) is 0 Å². The molecule has 3 aromatic rings. The van der Waals surface area contributed by atoms with Gasteiger partial charge in [-0.15, -0.1) is 0 Å². The molecule has 0 aliphatic carbocycles.